The molecule has 0 saturated carbocycles. The Hall–Kier alpha value is -1.81. The monoisotopic (exact) mass is 522 g/mol. The van der Waals surface area contributed by atoms with Crippen LogP contribution in [-0.4, -0.2) is 52.0 Å². The molecule has 0 spiro atoms. The van der Waals surface area contributed by atoms with E-state index in [2.05, 4.69) is 82.7 Å². The van der Waals surface area contributed by atoms with Gasteiger partial charge in [-0.25, -0.2) is 4.98 Å². The van der Waals surface area contributed by atoms with Crippen molar-refractivity contribution in [2.45, 2.75) is 50.5 Å². The van der Waals surface area contributed by atoms with E-state index in [0.717, 1.165) is 37.6 Å². The summed E-state index contributed by atoms with van der Waals surface area (Å²) >= 11 is 2.37. The first-order valence-electron chi connectivity index (χ1n) is 10.8. The number of piperidine rings is 1. The number of fused-ring (bicyclic) bond motifs is 1. The third-order valence-electron chi connectivity index (χ3n) is 6.61. The number of nitrogens with zero attached hydrogens (tertiary/aromatic N) is 4. The van der Waals surface area contributed by atoms with E-state index in [-0.39, 0.29) is 18.2 Å². The fourth-order valence-corrected chi connectivity index (χ4v) is 5.81. The van der Waals surface area contributed by atoms with Crippen molar-refractivity contribution in [3.63, 3.8) is 0 Å². The molecule has 30 heavy (non-hydrogen) atoms. The molecule has 2 fully saturated rings. The number of rotatable bonds is 3. The first kappa shape index (κ1) is 20.1. The molecule has 4 aliphatic rings. The maximum absolute atomic E-state index is 14.4. The number of pyridine rings is 1. The molecule has 5 rings (SSSR count). The van der Waals surface area contributed by atoms with Crippen molar-refractivity contribution >= 4 is 34.4 Å². The molecule has 5 heterocycles. The predicted octanol–water partition coefficient (Wildman–Crippen LogP) is 3.30. The van der Waals surface area contributed by atoms with Gasteiger partial charge in [0.05, 0.1) is 34.9 Å². The van der Waals surface area contributed by atoms with E-state index in [1.165, 1.54) is 18.4 Å². The SMILES string of the molecule is CC1C2=CN(I)C(C3C=CC=CN3)NC2CCN1c1cc(N2CCCC2)cc(F)n1. The third kappa shape index (κ3) is 3.79. The highest BCUT2D eigenvalue weighted by Gasteiger charge is 2.38. The molecule has 4 atom stereocenters. The van der Waals surface area contributed by atoms with Gasteiger partial charge in [0.1, 0.15) is 12.0 Å². The van der Waals surface area contributed by atoms with E-state index >= 15 is 0 Å². The van der Waals surface area contributed by atoms with Crippen molar-refractivity contribution in [3.05, 3.63) is 54.3 Å². The molecule has 0 aromatic carbocycles. The number of hydrogen-bond donors (Lipinski definition) is 2. The van der Waals surface area contributed by atoms with Gasteiger partial charge in [0.15, 0.2) is 0 Å². The second-order valence-electron chi connectivity index (χ2n) is 8.43. The van der Waals surface area contributed by atoms with Gasteiger partial charge in [-0.15, -0.1) is 0 Å². The number of halogens is 2. The van der Waals surface area contributed by atoms with Gasteiger partial charge in [-0.2, -0.15) is 4.39 Å². The lowest BCUT2D eigenvalue weighted by atomic mass is 9.90. The number of anilines is 2. The Balaban J connectivity index is 1.38. The van der Waals surface area contributed by atoms with Crippen LogP contribution in [0.15, 0.2) is 48.3 Å². The second kappa shape index (κ2) is 8.37. The van der Waals surface area contributed by atoms with Crippen LogP contribution in [0.1, 0.15) is 26.2 Å². The highest BCUT2D eigenvalue weighted by molar-refractivity contribution is 14.1. The van der Waals surface area contributed by atoms with Crippen molar-refractivity contribution in [3.8, 4) is 0 Å². The lowest BCUT2D eigenvalue weighted by molar-refractivity contribution is 0.265. The van der Waals surface area contributed by atoms with E-state index in [1.54, 1.807) is 6.07 Å². The van der Waals surface area contributed by atoms with Gasteiger partial charge < -0.3 is 18.2 Å². The maximum atomic E-state index is 14.4. The number of allylic oxidation sites excluding steroid dienone is 2. The van der Waals surface area contributed by atoms with Crippen LogP contribution in [-0.2, 0) is 0 Å². The molecule has 4 unspecified atom stereocenters. The molecule has 1 aromatic rings. The second-order valence-corrected chi connectivity index (χ2v) is 9.55. The van der Waals surface area contributed by atoms with Crippen molar-refractivity contribution < 1.29 is 4.39 Å². The molecule has 2 N–H and O–H groups in total. The van der Waals surface area contributed by atoms with Crippen molar-refractivity contribution in [1.29, 1.82) is 0 Å². The van der Waals surface area contributed by atoms with Gasteiger partial charge in [0, 0.05) is 49.7 Å². The average molecular weight is 522 g/mol. The number of nitrogens with one attached hydrogen (secondary N) is 2. The van der Waals surface area contributed by atoms with E-state index in [0.29, 0.717) is 6.04 Å². The first-order valence-corrected chi connectivity index (χ1v) is 11.8. The van der Waals surface area contributed by atoms with Gasteiger partial charge in [-0.05, 0) is 44.0 Å². The normalized spacial score (nSPS) is 30.9. The molecule has 4 aliphatic heterocycles. The number of aromatic nitrogens is 1. The minimum absolute atomic E-state index is 0.157. The minimum Gasteiger partial charge on any atom is -0.381 e. The van der Waals surface area contributed by atoms with E-state index < -0.39 is 5.95 Å². The van der Waals surface area contributed by atoms with Crippen LogP contribution < -0.4 is 20.4 Å². The molecule has 0 amide bonds. The number of dihydropyridines is 1. The maximum Gasteiger partial charge on any atom is 0.216 e. The Morgan fingerprint density at radius 1 is 1.17 bits per heavy atom. The highest BCUT2D eigenvalue weighted by Crippen LogP contribution is 2.34. The molecule has 160 valence electrons. The van der Waals surface area contributed by atoms with Crippen molar-refractivity contribution in [2.75, 3.05) is 29.4 Å². The smallest absolute Gasteiger partial charge is 0.216 e. The fourth-order valence-electron chi connectivity index (χ4n) is 4.98. The van der Waals surface area contributed by atoms with Gasteiger partial charge >= 0.3 is 0 Å². The Morgan fingerprint density at radius 2 is 2.00 bits per heavy atom. The summed E-state index contributed by atoms with van der Waals surface area (Å²) in [6.07, 6.45) is 14.1. The van der Waals surface area contributed by atoms with Crippen LogP contribution in [0, 0.1) is 5.95 Å². The number of hydrogen-bond acceptors (Lipinski definition) is 6. The molecule has 0 radical (unpaired) electrons. The van der Waals surface area contributed by atoms with Crippen LogP contribution in [0.5, 0.6) is 0 Å². The van der Waals surface area contributed by atoms with E-state index in [1.807, 2.05) is 12.3 Å². The molecular formula is C22H28FIN6. The predicted molar refractivity (Wildman–Crippen MR) is 127 cm³/mol. The van der Waals surface area contributed by atoms with Crippen LogP contribution in [0.25, 0.3) is 0 Å². The fraction of sp³-hybridized carbons (Fsp3) is 0.500. The molecule has 0 aliphatic carbocycles. The van der Waals surface area contributed by atoms with E-state index in [9.17, 15) is 4.39 Å². The minimum atomic E-state index is -0.390. The molecule has 2 saturated heterocycles. The molecule has 6 nitrogen and oxygen atoms in total. The Kier molecular flexibility index (Phi) is 5.61. The first-order chi connectivity index (χ1) is 14.6. The zero-order valence-electron chi connectivity index (χ0n) is 17.1. The van der Waals surface area contributed by atoms with Crippen LogP contribution in [0.2, 0.25) is 0 Å². The van der Waals surface area contributed by atoms with Crippen LogP contribution >= 0.6 is 22.9 Å². The summed E-state index contributed by atoms with van der Waals surface area (Å²) in [5, 5.41) is 7.25. The molecule has 0 bridgehead atoms. The Labute approximate surface area is 191 Å². The zero-order chi connectivity index (χ0) is 20.7. The van der Waals surface area contributed by atoms with Crippen LogP contribution in [0.3, 0.4) is 0 Å². The largest absolute Gasteiger partial charge is 0.381 e. The van der Waals surface area contributed by atoms with Crippen molar-refractivity contribution in [1.82, 2.24) is 18.7 Å². The van der Waals surface area contributed by atoms with E-state index in [4.69, 9.17) is 0 Å². The van der Waals surface area contributed by atoms with Gasteiger partial charge in [0.25, 0.3) is 0 Å². The molecule has 1 aromatic heterocycles. The molecular weight excluding hydrogens is 494 g/mol. The average Bonchev–Trinajstić information content (AvgIpc) is 3.29. The summed E-state index contributed by atoms with van der Waals surface area (Å²) < 4.78 is 16.6. The zero-order valence-corrected chi connectivity index (χ0v) is 19.3. The van der Waals surface area contributed by atoms with Crippen LogP contribution in [0.4, 0.5) is 15.9 Å². The summed E-state index contributed by atoms with van der Waals surface area (Å²) in [7, 11) is 0. The highest BCUT2D eigenvalue weighted by atomic mass is 127. The summed E-state index contributed by atoms with van der Waals surface area (Å²) in [6, 6.07) is 4.34. The van der Waals surface area contributed by atoms with Crippen molar-refractivity contribution in [2.24, 2.45) is 0 Å². The summed E-state index contributed by atoms with van der Waals surface area (Å²) in [5.74, 6) is 0.353. The third-order valence-corrected chi connectivity index (χ3v) is 7.49. The lowest BCUT2D eigenvalue weighted by Gasteiger charge is -2.47. The van der Waals surface area contributed by atoms with Gasteiger partial charge in [-0.1, -0.05) is 12.2 Å². The summed E-state index contributed by atoms with van der Waals surface area (Å²) in [6.45, 7) is 5.06. The quantitative estimate of drug-likeness (QED) is 0.361. The summed E-state index contributed by atoms with van der Waals surface area (Å²) in [5.41, 5.74) is 2.29. The standard InChI is InChI=1S/C22H28FIN6/c1-15-17-14-30(24)22(19-6-2-3-8-25-19)26-18(17)7-11-29(15)21-13-16(12-20(23)27-21)28-9-4-5-10-28/h2-3,6,8,12-15,18-19,22,25-26H,4-5,7,9-11H2,1H3. The van der Waals surface area contributed by atoms with Gasteiger partial charge in [0.2, 0.25) is 5.95 Å². The van der Waals surface area contributed by atoms with Gasteiger partial charge in [-0.3, -0.25) is 5.32 Å². The lowest BCUT2D eigenvalue weighted by Crippen LogP contribution is -2.62. The topological polar surface area (TPSA) is 46.7 Å². The molecule has 8 heteroatoms. The Morgan fingerprint density at radius 3 is 2.77 bits per heavy atom. The Bertz CT molecular complexity index is 880. The summed E-state index contributed by atoms with van der Waals surface area (Å²) in [4.78, 5) is 8.78.